The number of alkyl carbamates (subject to hydrolysis) is 1. The Morgan fingerprint density at radius 1 is 1.23 bits per heavy atom. The van der Waals surface area contributed by atoms with Gasteiger partial charge in [0.05, 0.1) is 6.04 Å². The second-order valence-electron chi connectivity index (χ2n) is 7.59. The number of amides is 1. The SMILES string of the molecule is CC(C)(C)OC(=O)N[C@@H](c1cccc(Cl)c1)c1csc([C@@H](O)c2cncnc2Cl)c1. The van der Waals surface area contributed by atoms with Crippen molar-refractivity contribution in [1.82, 2.24) is 15.3 Å². The first-order chi connectivity index (χ1) is 14.1. The zero-order valence-corrected chi connectivity index (χ0v) is 18.9. The third-order valence-electron chi connectivity index (χ3n) is 4.07. The quantitative estimate of drug-likeness (QED) is 0.483. The number of nitrogens with zero attached hydrogens (tertiary/aromatic N) is 2. The van der Waals surface area contributed by atoms with Crippen LogP contribution in [-0.2, 0) is 4.74 Å². The van der Waals surface area contributed by atoms with Crippen LogP contribution in [0, 0.1) is 0 Å². The summed E-state index contributed by atoms with van der Waals surface area (Å²) in [6.45, 7) is 5.39. The van der Waals surface area contributed by atoms with Crippen molar-refractivity contribution in [1.29, 1.82) is 0 Å². The van der Waals surface area contributed by atoms with Crippen molar-refractivity contribution < 1.29 is 14.6 Å². The summed E-state index contributed by atoms with van der Waals surface area (Å²) in [5.41, 5.74) is 1.33. The molecule has 0 aliphatic heterocycles. The second kappa shape index (κ2) is 9.31. The molecule has 2 atom stereocenters. The zero-order valence-electron chi connectivity index (χ0n) is 16.6. The van der Waals surface area contributed by atoms with Gasteiger partial charge in [0, 0.05) is 21.7 Å². The molecule has 0 saturated carbocycles. The van der Waals surface area contributed by atoms with Gasteiger partial charge in [0.1, 0.15) is 23.2 Å². The molecule has 2 heterocycles. The molecule has 3 aromatic rings. The number of halogens is 2. The van der Waals surface area contributed by atoms with E-state index in [1.807, 2.05) is 23.6 Å². The number of hydrogen-bond donors (Lipinski definition) is 2. The van der Waals surface area contributed by atoms with E-state index in [9.17, 15) is 9.90 Å². The van der Waals surface area contributed by atoms with Crippen LogP contribution >= 0.6 is 34.5 Å². The van der Waals surface area contributed by atoms with Crippen molar-refractivity contribution in [3.8, 4) is 0 Å². The van der Waals surface area contributed by atoms with Crippen LogP contribution in [0.1, 0.15) is 54.5 Å². The molecule has 2 N–H and O–H groups in total. The van der Waals surface area contributed by atoms with Crippen LogP contribution in [0.15, 0.2) is 48.2 Å². The number of ether oxygens (including phenoxy) is 1. The maximum absolute atomic E-state index is 12.5. The maximum Gasteiger partial charge on any atom is 0.408 e. The van der Waals surface area contributed by atoms with E-state index in [-0.39, 0.29) is 5.15 Å². The van der Waals surface area contributed by atoms with Crippen molar-refractivity contribution in [2.75, 3.05) is 0 Å². The maximum atomic E-state index is 12.5. The van der Waals surface area contributed by atoms with Crippen molar-refractivity contribution >= 4 is 40.6 Å². The topological polar surface area (TPSA) is 84.3 Å². The van der Waals surface area contributed by atoms with E-state index >= 15 is 0 Å². The summed E-state index contributed by atoms with van der Waals surface area (Å²) >= 11 is 13.6. The number of rotatable bonds is 5. The molecule has 0 fully saturated rings. The molecular formula is C21H21Cl2N3O3S. The average molecular weight is 466 g/mol. The van der Waals surface area contributed by atoms with Crippen molar-refractivity contribution in [3.63, 3.8) is 0 Å². The van der Waals surface area contributed by atoms with Crippen LogP contribution in [-0.4, -0.2) is 26.8 Å². The monoisotopic (exact) mass is 465 g/mol. The van der Waals surface area contributed by atoms with Crippen LogP contribution in [0.4, 0.5) is 4.79 Å². The molecule has 2 aromatic heterocycles. The molecule has 158 valence electrons. The molecular weight excluding hydrogens is 445 g/mol. The lowest BCUT2D eigenvalue weighted by Crippen LogP contribution is -2.35. The summed E-state index contributed by atoms with van der Waals surface area (Å²) in [6, 6.07) is 8.50. The van der Waals surface area contributed by atoms with E-state index in [1.54, 1.807) is 32.9 Å². The van der Waals surface area contributed by atoms with Crippen LogP contribution in [0.3, 0.4) is 0 Å². The molecule has 30 heavy (non-hydrogen) atoms. The first kappa shape index (κ1) is 22.5. The minimum Gasteiger partial charge on any atom is -0.444 e. The van der Waals surface area contributed by atoms with Gasteiger partial charge in [0.2, 0.25) is 0 Å². The van der Waals surface area contributed by atoms with Crippen LogP contribution < -0.4 is 5.32 Å². The Balaban J connectivity index is 1.92. The van der Waals surface area contributed by atoms with Gasteiger partial charge in [-0.3, -0.25) is 0 Å². The summed E-state index contributed by atoms with van der Waals surface area (Å²) < 4.78 is 5.42. The molecule has 3 rings (SSSR count). The smallest absolute Gasteiger partial charge is 0.408 e. The lowest BCUT2D eigenvalue weighted by Gasteiger charge is -2.24. The lowest BCUT2D eigenvalue weighted by molar-refractivity contribution is 0.0512. The Morgan fingerprint density at radius 2 is 2.00 bits per heavy atom. The van der Waals surface area contributed by atoms with Gasteiger partial charge < -0.3 is 15.2 Å². The van der Waals surface area contributed by atoms with Crippen LogP contribution in [0.2, 0.25) is 10.2 Å². The van der Waals surface area contributed by atoms with Crippen molar-refractivity contribution in [2.24, 2.45) is 0 Å². The van der Waals surface area contributed by atoms with Gasteiger partial charge in [-0.1, -0.05) is 35.3 Å². The fourth-order valence-corrected chi connectivity index (χ4v) is 4.13. The summed E-state index contributed by atoms with van der Waals surface area (Å²) in [7, 11) is 0. The Labute approximate surface area is 188 Å². The minimum atomic E-state index is -0.987. The van der Waals surface area contributed by atoms with Crippen molar-refractivity contribution in [2.45, 2.75) is 38.5 Å². The van der Waals surface area contributed by atoms with Gasteiger partial charge in [-0.15, -0.1) is 11.3 Å². The second-order valence-corrected chi connectivity index (χ2v) is 9.33. The van der Waals surface area contributed by atoms with E-state index < -0.39 is 23.8 Å². The van der Waals surface area contributed by atoms with Gasteiger partial charge in [-0.2, -0.15) is 0 Å². The van der Waals surface area contributed by atoms with Gasteiger partial charge in [0.25, 0.3) is 0 Å². The Bertz CT molecular complexity index is 1040. The lowest BCUT2D eigenvalue weighted by atomic mass is 10.0. The van der Waals surface area contributed by atoms with E-state index in [0.717, 1.165) is 11.1 Å². The number of aliphatic hydroxyl groups excluding tert-OH is 1. The molecule has 0 saturated heterocycles. The largest absolute Gasteiger partial charge is 0.444 e. The van der Waals surface area contributed by atoms with E-state index in [0.29, 0.717) is 15.5 Å². The predicted octanol–water partition coefficient (Wildman–Crippen LogP) is 5.54. The highest BCUT2D eigenvalue weighted by molar-refractivity contribution is 7.10. The molecule has 1 aromatic carbocycles. The summed E-state index contributed by atoms with van der Waals surface area (Å²) in [6.07, 6.45) is 1.25. The molecule has 9 heteroatoms. The normalized spacial score (nSPS) is 13.5. The number of hydrogen-bond acceptors (Lipinski definition) is 6. The first-order valence-electron chi connectivity index (χ1n) is 9.11. The van der Waals surface area contributed by atoms with Gasteiger partial charge >= 0.3 is 6.09 Å². The zero-order chi connectivity index (χ0) is 21.9. The Morgan fingerprint density at radius 3 is 2.67 bits per heavy atom. The highest BCUT2D eigenvalue weighted by atomic mass is 35.5. The average Bonchev–Trinajstić information content (AvgIpc) is 3.14. The number of benzene rings is 1. The van der Waals surface area contributed by atoms with E-state index in [4.69, 9.17) is 27.9 Å². The number of aromatic nitrogens is 2. The molecule has 1 amide bonds. The van der Waals surface area contributed by atoms with E-state index in [1.165, 1.54) is 23.9 Å². The standard InChI is InChI=1S/C21H21Cl2N3O3S/c1-21(2,3)29-20(28)26-17(12-5-4-6-14(22)7-12)13-8-16(30-10-13)18(27)15-9-24-11-25-19(15)23/h4-11,17-18,27H,1-3H3,(H,26,28)/t17-,18-/m0/s1. The third kappa shape index (κ3) is 5.70. The number of thiophene rings is 1. The highest BCUT2D eigenvalue weighted by Gasteiger charge is 2.25. The van der Waals surface area contributed by atoms with Crippen molar-refractivity contribution in [3.05, 3.63) is 80.0 Å². The summed E-state index contributed by atoms with van der Waals surface area (Å²) in [5.74, 6) is 0. The molecule has 0 aliphatic carbocycles. The third-order valence-corrected chi connectivity index (χ3v) is 5.62. The molecule has 0 radical (unpaired) electrons. The highest BCUT2D eigenvalue weighted by Crippen LogP contribution is 2.34. The number of carbonyl (C=O) groups is 1. The number of nitrogens with one attached hydrogen (secondary N) is 1. The summed E-state index contributed by atoms with van der Waals surface area (Å²) in [4.78, 5) is 20.9. The molecule has 0 bridgehead atoms. The predicted molar refractivity (Wildman–Crippen MR) is 118 cm³/mol. The minimum absolute atomic E-state index is 0.186. The molecule has 0 aliphatic rings. The number of carbonyl (C=O) groups excluding carboxylic acids is 1. The van der Waals surface area contributed by atoms with Crippen LogP contribution in [0.5, 0.6) is 0 Å². The molecule has 6 nitrogen and oxygen atoms in total. The van der Waals surface area contributed by atoms with Crippen LogP contribution in [0.25, 0.3) is 0 Å². The van der Waals surface area contributed by atoms with Gasteiger partial charge in [-0.05, 0) is 55.5 Å². The molecule has 0 spiro atoms. The fourth-order valence-electron chi connectivity index (χ4n) is 2.80. The Hall–Kier alpha value is -2.19. The van der Waals surface area contributed by atoms with Gasteiger partial charge in [-0.25, -0.2) is 14.8 Å². The van der Waals surface area contributed by atoms with E-state index in [2.05, 4.69) is 15.3 Å². The fraction of sp³-hybridized carbons (Fsp3) is 0.286. The number of aliphatic hydroxyl groups is 1. The molecule has 0 unspecified atom stereocenters. The van der Waals surface area contributed by atoms with Gasteiger partial charge in [0.15, 0.2) is 0 Å². The Kier molecular flexibility index (Phi) is 6.98. The first-order valence-corrected chi connectivity index (χ1v) is 10.7. The summed E-state index contributed by atoms with van der Waals surface area (Å²) in [5, 5.41) is 16.2.